The van der Waals surface area contributed by atoms with Crippen molar-refractivity contribution in [2.45, 2.75) is 24.8 Å². The number of rotatable bonds is 3. The minimum absolute atomic E-state index is 0.201. The van der Waals surface area contributed by atoms with Gasteiger partial charge in [0.1, 0.15) is 12.1 Å². The van der Waals surface area contributed by atoms with Crippen LogP contribution in [0.1, 0.15) is 24.0 Å². The molecule has 1 heterocycles. The third-order valence-electron chi connectivity index (χ3n) is 5.18. The lowest BCUT2D eigenvalue weighted by Crippen LogP contribution is -2.47. The van der Waals surface area contributed by atoms with Crippen molar-refractivity contribution in [3.8, 4) is 0 Å². The largest absolute Gasteiger partial charge is 0.325 e. The van der Waals surface area contributed by atoms with Gasteiger partial charge < -0.3 is 10.6 Å². The minimum Gasteiger partial charge on any atom is -0.323 e. The number of nitrogens with one attached hydrogen (secondary N) is 2. The number of hydrogen-bond donors (Lipinski definition) is 2. The third kappa shape index (κ3) is 3.02. The summed E-state index contributed by atoms with van der Waals surface area (Å²) in [5.74, 6) is -0.939. The average molecular weight is 418 g/mol. The van der Waals surface area contributed by atoms with Crippen molar-refractivity contribution in [1.82, 2.24) is 10.2 Å². The zero-order chi connectivity index (χ0) is 19.9. The summed E-state index contributed by atoms with van der Waals surface area (Å²) in [6.07, 6.45) is 2.14. The van der Waals surface area contributed by atoms with Crippen LogP contribution in [0.25, 0.3) is 0 Å². The molecule has 2 N–H and O–H groups in total. The first-order valence-corrected chi connectivity index (χ1v) is 9.64. The Hall–Kier alpha value is -2.57. The Kier molecular flexibility index (Phi) is 4.77. The first-order chi connectivity index (χ1) is 13.4. The van der Waals surface area contributed by atoms with Crippen molar-refractivity contribution in [2.75, 3.05) is 11.9 Å². The molecular formula is C20H17Cl2N3O3. The van der Waals surface area contributed by atoms with Gasteiger partial charge in [0.25, 0.3) is 5.91 Å². The molecule has 1 aliphatic carbocycles. The standard InChI is InChI=1S/C20H17Cl2N3O3/c21-14-8-3-9-15(17(14)22)23-16(26)11-25-18(27)20(24-19(25)28)10-4-6-12-5-1-2-7-13(12)20/h1-3,5,7-9H,4,6,10-11H2,(H,23,26)(H,24,28)/t20-/m1/s1. The van der Waals surface area contributed by atoms with Crippen LogP contribution in [0, 0.1) is 0 Å². The molecule has 0 saturated carbocycles. The molecule has 0 radical (unpaired) electrons. The predicted molar refractivity (Wildman–Crippen MR) is 106 cm³/mol. The van der Waals surface area contributed by atoms with E-state index in [0.29, 0.717) is 17.1 Å². The summed E-state index contributed by atoms with van der Waals surface area (Å²) in [5, 5.41) is 5.93. The topological polar surface area (TPSA) is 78.5 Å². The number of anilines is 1. The Morgan fingerprint density at radius 3 is 2.75 bits per heavy atom. The van der Waals surface area contributed by atoms with Crippen LogP contribution in [-0.4, -0.2) is 29.3 Å². The second-order valence-electron chi connectivity index (χ2n) is 6.89. The number of imide groups is 1. The van der Waals surface area contributed by atoms with E-state index in [9.17, 15) is 14.4 Å². The molecule has 8 heteroatoms. The molecule has 6 nitrogen and oxygen atoms in total. The molecule has 1 fully saturated rings. The molecule has 28 heavy (non-hydrogen) atoms. The quantitative estimate of drug-likeness (QED) is 0.746. The normalized spacial score (nSPS) is 20.9. The summed E-state index contributed by atoms with van der Waals surface area (Å²) in [4.78, 5) is 39.1. The Bertz CT molecular complexity index is 994. The van der Waals surface area contributed by atoms with Crippen LogP contribution in [0.3, 0.4) is 0 Å². The van der Waals surface area contributed by atoms with Crippen LogP contribution in [-0.2, 0) is 21.5 Å². The summed E-state index contributed by atoms with van der Waals surface area (Å²) < 4.78 is 0. The highest BCUT2D eigenvalue weighted by molar-refractivity contribution is 6.44. The van der Waals surface area contributed by atoms with Gasteiger partial charge in [-0.3, -0.25) is 14.5 Å². The molecule has 1 aliphatic heterocycles. The van der Waals surface area contributed by atoms with Gasteiger partial charge in [0.05, 0.1) is 15.7 Å². The first kappa shape index (κ1) is 18.8. The SMILES string of the molecule is O=C(CN1C(=O)N[C@@]2(CCCc3ccccc32)C1=O)Nc1cccc(Cl)c1Cl. The summed E-state index contributed by atoms with van der Waals surface area (Å²) in [5.41, 5.74) is 1.07. The smallest absolute Gasteiger partial charge is 0.323 e. The molecule has 1 spiro atoms. The molecule has 2 aromatic carbocycles. The molecular weight excluding hydrogens is 401 g/mol. The second kappa shape index (κ2) is 7.11. The molecule has 0 bridgehead atoms. The summed E-state index contributed by atoms with van der Waals surface area (Å²) >= 11 is 12.0. The van der Waals surface area contributed by atoms with Crippen LogP contribution in [0.2, 0.25) is 10.0 Å². The maximum Gasteiger partial charge on any atom is 0.325 e. The van der Waals surface area contributed by atoms with Crippen LogP contribution in [0.15, 0.2) is 42.5 Å². The molecule has 2 aromatic rings. The summed E-state index contributed by atoms with van der Waals surface area (Å²) in [6.45, 7) is -0.405. The van der Waals surface area contributed by atoms with E-state index in [0.717, 1.165) is 28.9 Å². The number of aryl methyl sites for hydroxylation is 1. The molecule has 1 saturated heterocycles. The number of carbonyl (C=O) groups is 3. The average Bonchev–Trinajstić information content (AvgIpc) is 2.91. The van der Waals surface area contributed by atoms with Crippen molar-refractivity contribution >= 4 is 46.7 Å². The van der Waals surface area contributed by atoms with Gasteiger partial charge in [0.2, 0.25) is 5.91 Å². The van der Waals surface area contributed by atoms with Crippen LogP contribution >= 0.6 is 23.2 Å². The number of amides is 4. The van der Waals surface area contributed by atoms with Crippen molar-refractivity contribution in [3.05, 3.63) is 63.6 Å². The zero-order valence-electron chi connectivity index (χ0n) is 14.8. The molecule has 2 aliphatic rings. The van der Waals surface area contributed by atoms with Gasteiger partial charge in [-0.25, -0.2) is 4.79 Å². The number of carbonyl (C=O) groups excluding carboxylic acids is 3. The number of nitrogens with zero attached hydrogens (tertiary/aromatic N) is 1. The monoisotopic (exact) mass is 417 g/mol. The van der Waals surface area contributed by atoms with Crippen molar-refractivity contribution in [1.29, 1.82) is 0 Å². The third-order valence-corrected chi connectivity index (χ3v) is 6.00. The Morgan fingerprint density at radius 2 is 1.93 bits per heavy atom. The molecule has 0 unspecified atom stereocenters. The van der Waals surface area contributed by atoms with E-state index in [1.165, 1.54) is 0 Å². The fourth-order valence-corrected chi connectivity index (χ4v) is 4.24. The van der Waals surface area contributed by atoms with Gasteiger partial charge in [-0.15, -0.1) is 0 Å². The predicted octanol–water partition coefficient (Wildman–Crippen LogP) is 3.72. The highest BCUT2D eigenvalue weighted by Crippen LogP contribution is 2.39. The maximum absolute atomic E-state index is 13.2. The van der Waals surface area contributed by atoms with Gasteiger partial charge in [-0.05, 0) is 42.5 Å². The van der Waals surface area contributed by atoms with E-state index in [1.807, 2.05) is 24.3 Å². The van der Waals surface area contributed by atoms with Crippen molar-refractivity contribution in [3.63, 3.8) is 0 Å². The molecule has 4 amide bonds. The Morgan fingerprint density at radius 1 is 1.14 bits per heavy atom. The number of fused-ring (bicyclic) bond motifs is 2. The second-order valence-corrected chi connectivity index (χ2v) is 7.67. The molecule has 1 atom stereocenters. The van der Waals surface area contributed by atoms with E-state index in [1.54, 1.807) is 18.2 Å². The lowest BCUT2D eigenvalue weighted by atomic mass is 9.76. The minimum atomic E-state index is -1.10. The Labute approximate surface area is 171 Å². The molecule has 144 valence electrons. The fraction of sp³-hybridized carbons (Fsp3) is 0.250. The molecule has 0 aromatic heterocycles. The van der Waals surface area contributed by atoms with E-state index in [4.69, 9.17) is 23.2 Å². The lowest BCUT2D eigenvalue weighted by Gasteiger charge is -2.33. The number of hydrogen-bond acceptors (Lipinski definition) is 3. The van der Waals surface area contributed by atoms with Gasteiger partial charge in [-0.1, -0.05) is 53.5 Å². The number of benzene rings is 2. The highest BCUT2D eigenvalue weighted by atomic mass is 35.5. The van der Waals surface area contributed by atoms with Gasteiger partial charge in [0, 0.05) is 0 Å². The van der Waals surface area contributed by atoms with E-state index in [-0.39, 0.29) is 5.02 Å². The van der Waals surface area contributed by atoms with E-state index >= 15 is 0 Å². The Balaban J connectivity index is 1.56. The number of urea groups is 1. The zero-order valence-corrected chi connectivity index (χ0v) is 16.3. The lowest BCUT2D eigenvalue weighted by molar-refractivity contribution is -0.134. The van der Waals surface area contributed by atoms with Gasteiger partial charge >= 0.3 is 6.03 Å². The summed E-state index contributed by atoms with van der Waals surface area (Å²) in [6, 6.07) is 11.9. The number of halogens is 2. The van der Waals surface area contributed by atoms with E-state index in [2.05, 4.69) is 10.6 Å². The van der Waals surface area contributed by atoms with Crippen LogP contribution < -0.4 is 10.6 Å². The van der Waals surface area contributed by atoms with Crippen molar-refractivity contribution in [2.24, 2.45) is 0 Å². The van der Waals surface area contributed by atoms with Gasteiger partial charge in [-0.2, -0.15) is 0 Å². The first-order valence-electron chi connectivity index (χ1n) is 8.89. The van der Waals surface area contributed by atoms with E-state index < -0.39 is 29.9 Å². The van der Waals surface area contributed by atoms with Crippen LogP contribution in [0.5, 0.6) is 0 Å². The van der Waals surface area contributed by atoms with Gasteiger partial charge in [0.15, 0.2) is 0 Å². The van der Waals surface area contributed by atoms with Crippen LogP contribution in [0.4, 0.5) is 10.5 Å². The fourth-order valence-electron chi connectivity index (χ4n) is 3.89. The summed E-state index contributed by atoms with van der Waals surface area (Å²) in [7, 11) is 0. The highest BCUT2D eigenvalue weighted by Gasteiger charge is 2.54. The maximum atomic E-state index is 13.2. The van der Waals surface area contributed by atoms with Crippen molar-refractivity contribution < 1.29 is 14.4 Å². The molecule has 4 rings (SSSR count).